The number of rotatable bonds is 8. The molecule has 3 rings (SSSR count). The molecule has 0 spiro atoms. The van der Waals surface area contributed by atoms with Crippen molar-refractivity contribution in [2.75, 3.05) is 23.8 Å². The van der Waals surface area contributed by atoms with Crippen LogP contribution in [-0.4, -0.2) is 43.2 Å². The molecular weight excluding hydrogens is 394 g/mol. The van der Waals surface area contributed by atoms with E-state index in [9.17, 15) is 13.9 Å². The van der Waals surface area contributed by atoms with Gasteiger partial charge in [0.05, 0.1) is 32.0 Å². The third kappa shape index (κ3) is 4.53. The summed E-state index contributed by atoms with van der Waals surface area (Å²) in [4.78, 5) is 8.20. The molecule has 0 radical (unpaired) electrons. The first-order chi connectivity index (χ1) is 13.5. The number of aliphatic hydroxyl groups excluding tert-OH is 2. The van der Waals surface area contributed by atoms with Gasteiger partial charge >= 0.3 is 0 Å². The van der Waals surface area contributed by atoms with E-state index in [1.54, 1.807) is 12.3 Å². The van der Waals surface area contributed by atoms with Crippen LogP contribution in [0.4, 0.5) is 26.4 Å². The molecule has 0 bridgehead atoms. The predicted octanol–water partition coefficient (Wildman–Crippen LogP) is 2.49. The summed E-state index contributed by atoms with van der Waals surface area (Å²) in [6, 6.07) is 3.98. The van der Waals surface area contributed by atoms with Crippen molar-refractivity contribution in [3.63, 3.8) is 0 Å². The molecule has 1 aromatic carbocycles. The topological polar surface area (TPSA) is 108 Å². The van der Waals surface area contributed by atoms with Crippen LogP contribution in [0.15, 0.2) is 36.7 Å². The highest BCUT2D eigenvalue weighted by Crippen LogP contribution is 2.28. The van der Waals surface area contributed by atoms with E-state index in [-0.39, 0.29) is 29.0 Å². The first-order valence-corrected chi connectivity index (χ1v) is 8.64. The van der Waals surface area contributed by atoms with E-state index in [0.29, 0.717) is 12.4 Å². The van der Waals surface area contributed by atoms with Crippen molar-refractivity contribution >= 4 is 29.2 Å². The van der Waals surface area contributed by atoms with Crippen molar-refractivity contribution in [3.8, 4) is 0 Å². The van der Waals surface area contributed by atoms with Crippen LogP contribution < -0.4 is 10.6 Å². The quantitative estimate of drug-likeness (QED) is 0.452. The number of hydrogen-bond donors (Lipinski definition) is 4. The van der Waals surface area contributed by atoms with Crippen LogP contribution in [0.2, 0.25) is 5.02 Å². The molecule has 0 aliphatic rings. The average Bonchev–Trinajstić information content (AvgIpc) is 3.10. The monoisotopic (exact) mass is 410 g/mol. The zero-order valence-electron chi connectivity index (χ0n) is 14.5. The van der Waals surface area contributed by atoms with Crippen LogP contribution in [-0.2, 0) is 6.54 Å². The molecule has 2 aromatic heterocycles. The Morgan fingerprint density at radius 3 is 2.61 bits per heavy atom. The highest BCUT2D eigenvalue weighted by atomic mass is 35.5. The first-order valence-electron chi connectivity index (χ1n) is 8.27. The zero-order chi connectivity index (χ0) is 20.1. The SMILES string of the molecule is OCCn1ccc(Nc2ncc(Cl)c(NC(CO)c3c(F)cccc3F)n2)n1. The Kier molecular flexibility index (Phi) is 6.34. The predicted molar refractivity (Wildman–Crippen MR) is 99.4 cm³/mol. The van der Waals surface area contributed by atoms with Gasteiger partial charge in [-0.25, -0.2) is 13.8 Å². The second-order valence-electron chi connectivity index (χ2n) is 5.72. The van der Waals surface area contributed by atoms with Gasteiger partial charge in [0.2, 0.25) is 5.95 Å². The normalized spacial score (nSPS) is 12.0. The van der Waals surface area contributed by atoms with E-state index in [0.717, 1.165) is 12.1 Å². The highest BCUT2D eigenvalue weighted by molar-refractivity contribution is 6.32. The van der Waals surface area contributed by atoms with Crippen LogP contribution in [0.1, 0.15) is 11.6 Å². The van der Waals surface area contributed by atoms with Crippen molar-refractivity contribution in [2.45, 2.75) is 12.6 Å². The summed E-state index contributed by atoms with van der Waals surface area (Å²) < 4.78 is 29.6. The number of nitrogens with one attached hydrogen (secondary N) is 2. The average molecular weight is 411 g/mol. The Labute approximate surface area is 163 Å². The molecule has 0 fully saturated rings. The maximum Gasteiger partial charge on any atom is 0.230 e. The highest BCUT2D eigenvalue weighted by Gasteiger charge is 2.21. The number of nitrogens with zero attached hydrogens (tertiary/aromatic N) is 4. The molecule has 8 nitrogen and oxygen atoms in total. The molecule has 0 amide bonds. The third-order valence-electron chi connectivity index (χ3n) is 3.80. The fourth-order valence-corrected chi connectivity index (χ4v) is 2.66. The van der Waals surface area contributed by atoms with E-state index < -0.39 is 24.3 Å². The lowest BCUT2D eigenvalue weighted by Crippen LogP contribution is -2.19. The van der Waals surface area contributed by atoms with Gasteiger partial charge in [-0.05, 0) is 12.1 Å². The van der Waals surface area contributed by atoms with E-state index in [2.05, 4.69) is 25.7 Å². The molecule has 28 heavy (non-hydrogen) atoms. The van der Waals surface area contributed by atoms with Gasteiger partial charge in [0, 0.05) is 17.8 Å². The second kappa shape index (κ2) is 8.91. The summed E-state index contributed by atoms with van der Waals surface area (Å²) in [7, 11) is 0. The largest absolute Gasteiger partial charge is 0.394 e. The van der Waals surface area contributed by atoms with Gasteiger partial charge in [-0.1, -0.05) is 17.7 Å². The molecule has 0 aliphatic carbocycles. The van der Waals surface area contributed by atoms with Crippen LogP contribution in [0.25, 0.3) is 0 Å². The van der Waals surface area contributed by atoms with Gasteiger partial charge in [0.1, 0.15) is 16.7 Å². The number of hydrogen-bond acceptors (Lipinski definition) is 7. The number of halogens is 3. The second-order valence-corrected chi connectivity index (χ2v) is 6.12. The number of benzene rings is 1. The van der Waals surface area contributed by atoms with Gasteiger partial charge in [0.15, 0.2) is 11.6 Å². The van der Waals surface area contributed by atoms with Crippen molar-refractivity contribution in [1.82, 2.24) is 19.7 Å². The van der Waals surface area contributed by atoms with Gasteiger partial charge < -0.3 is 20.8 Å². The lowest BCUT2D eigenvalue weighted by molar-refractivity contribution is 0.269. The molecule has 148 valence electrons. The maximum atomic E-state index is 14.0. The van der Waals surface area contributed by atoms with Crippen LogP contribution in [0, 0.1) is 11.6 Å². The minimum absolute atomic E-state index is 0.0538. The van der Waals surface area contributed by atoms with E-state index in [4.69, 9.17) is 16.7 Å². The summed E-state index contributed by atoms with van der Waals surface area (Å²) in [5.41, 5.74) is -0.322. The smallest absolute Gasteiger partial charge is 0.230 e. The van der Waals surface area contributed by atoms with Crippen molar-refractivity contribution in [2.24, 2.45) is 0 Å². The van der Waals surface area contributed by atoms with Gasteiger partial charge in [-0.2, -0.15) is 10.1 Å². The summed E-state index contributed by atoms with van der Waals surface area (Å²) in [6.07, 6.45) is 2.96. The number of aromatic nitrogens is 4. The van der Waals surface area contributed by atoms with Crippen molar-refractivity contribution in [1.29, 1.82) is 0 Å². The summed E-state index contributed by atoms with van der Waals surface area (Å²) >= 11 is 6.08. The minimum Gasteiger partial charge on any atom is -0.394 e. The molecule has 3 aromatic rings. The lowest BCUT2D eigenvalue weighted by Gasteiger charge is -2.19. The fourth-order valence-electron chi connectivity index (χ4n) is 2.52. The summed E-state index contributed by atoms with van der Waals surface area (Å²) in [5.74, 6) is -0.961. The summed E-state index contributed by atoms with van der Waals surface area (Å²) in [5, 5.41) is 28.4. The Hall–Kier alpha value is -2.82. The molecule has 0 saturated carbocycles. The third-order valence-corrected chi connectivity index (χ3v) is 4.07. The number of anilines is 3. The first kappa shape index (κ1) is 19.9. The fraction of sp³-hybridized carbons (Fsp3) is 0.235. The lowest BCUT2D eigenvalue weighted by atomic mass is 10.1. The van der Waals surface area contributed by atoms with Gasteiger partial charge in [-0.3, -0.25) is 4.68 Å². The maximum absolute atomic E-state index is 14.0. The van der Waals surface area contributed by atoms with Crippen molar-refractivity contribution < 1.29 is 19.0 Å². The van der Waals surface area contributed by atoms with E-state index in [1.165, 1.54) is 16.9 Å². The van der Waals surface area contributed by atoms with Crippen molar-refractivity contribution in [3.05, 3.63) is 58.9 Å². The molecular formula is C17H17ClF2N6O2. The van der Waals surface area contributed by atoms with Crippen LogP contribution in [0.5, 0.6) is 0 Å². The summed E-state index contributed by atoms with van der Waals surface area (Å²) in [6.45, 7) is -0.309. The van der Waals surface area contributed by atoms with E-state index >= 15 is 0 Å². The van der Waals surface area contributed by atoms with Gasteiger partial charge in [-0.15, -0.1) is 0 Å². The van der Waals surface area contributed by atoms with Crippen LogP contribution >= 0.6 is 11.6 Å². The Bertz CT molecular complexity index is 935. The Morgan fingerprint density at radius 2 is 1.93 bits per heavy atom. The minimum atomic E-state index is -1.11. The Balaban J connectivity index is 1.82. The molecule has 11 heteroatoms. The number of aliphatic hydroxyl groups is 2. The Morgan fingerprint density at radius 1 is 1.18 bits per heavy atom. The molecule has 0 aliphatic heterocycles. The molecule has 0 saturated heterocycles. The molecule has 2 heterocycles. The molecule has 1 unspecified atom stereocenters. The van der Waals surface area contributed by atoms with Crippen LogP contribution in [0.3, 0.4) is 0 Å². The van der Waals surface area contributed by atoms with E-state index in [1.807, 2.05) is 0 Å². The van der Waals surface area contributed by atoms with Gasteiger partial charge in [0.25, 0.3) is 0 Å². The standard InChI is InChI=1S/C17H17ClF2N6O2/c18-10-8-21-17(23-14-4-5-26(25-14)6-7-27)24-16(10)22-13(9-28)15-11(19)2-1-3-12(15)20/h1-5,8,13,27-28H,6-7,9H2,(H2,21,22,23,24,25). The molecule has 1 atom stereocenters. The molecule has 4 N–H and O–H groups in total. The zero-order valence-corrected chi connectivity index (χ0v) is 15.2.